The summed E-state index contributed by atoms with van der Waals surface area (Å²) in [5.41, 5.74) is 1.000. The van der Waals surface area contributed by atoms with Gasteiger partial charge >= 0.3 is 0 Å². The average molecular weight is 433 g/mol. The Morgan fingerprint density at radius 3 is 2.17 bits per heavy atom. The van der Waals surface area contributed by atoms with Crippen molar-refractivity contribution in [3.63, 3.8) is 0 Å². The molecule has 2 aromatic rings. The van der Waals surface area contributed by atoms with Gasteiger partial charge in [-0.25, -0.2) is 8.42 Å². The van der Waals surface area contributed by atoms with Crippen LogP contribution in [0.25, 0.3) is 0 Å². The third-order valence-corrected chi connectivity index (χ3v) is 5.86. The van der Waals surface area contributed by atoms with Crippen molar-refractivity contribution in [2.75, 3.05) is 17.2 Å². The van der Waals surface area contributed by atoms with Gasteiger partial charge in [0.15, 0.2) is 0 Å². The zero-order chi connectivity index (χ0) is 22.4. The van der Waals surface area contributed by atoms with Crippen molar-refractivity contribution in [2.24, 2.45) is 0 Å². The number of hydrogen-bond acceptors (Lipinski definition) is 4. The fourth-order valence-corrected chi connectivity index (χ4v) is 4.70. The van der Waals surface area contributed by atoms with Crippen LogP contribution >= 0.6 is 0 Å². The lowest BCUT2D eigenvalue weighted by Crippen LogP contribution is -2.55. The van der Waals surface area contributed by atoms with E-state index in [-0.39, 0.29) is 5.91 Å². The van der Waals surface area contributed by atoms with Crippen molar-refractivity contribution < 1.29 is 17.9 Å². The Morgan fingerprint density at radius 1 is 1.07 bits per heavy atom. The lowest BCUT2D eigenvalue weighted by atomic mass is 9.94. The second kappa shape index (κ2) is 9.98. The zero-order valence-electron chi connectivity index (χ0n) is 18.4. The molecule has 0 aromatic heterocycles. The molecular weight excluding hydrogens is 400 g/mol. The number of anilines is 1. The molecule has 0 spiro atoms. The first kappa shape index (κ1) is 23.7. The number of ether oxygens (including phenoxy) is 1. The van der Waals surface area contributed by atoms with Gasteiger partial charge in [-0.15, -0.1) is 0 Å². The summed E-state index contributed by atoms with van der Waals surface area (Å²) in [4.78, 5) is 13.2. The Labute approximate surface area is 180 Å². The molecular formula is C23H32N2O4S. The summed E-state index contributed by atoms with van der Waals surface area (Å²) < 4.78 is 31.9. The zero-order valence-corrected chi connectivity index (χ0v) is 19.2. The third-order valence-electron chi connectivity index (χ3n) is 4.68. The fraction of sp³-hybridized carbons (Fsp3) is 0.435. The largest absolute Gasteiger partial charge is 0.494 e. The first-order chi connectivity index (χ1) is 14.1. The highest BCUT2D eigenvalue weighted by atomic mass is 32.2. The van der Waals surface area contributed by atoms with Crippen molar-refractivity contribution >= 4 is 21.6 Å². The summed E-state index contributed by atoms with van der Waals surface area (Å²) in [6, 6.07) is 15.8. The first-order valence-electron chi connectivity index (χ1n) is 10.2. The molecule has 0 heterocycles. The molecule has 1 unspecified atom stereocenters. The molecule has 2 aromatic carbocycles. The van der Waals surface area contributed by atoms with Crippen LogP contribution in [0.1, 0.15) is 39.7 Å². The van der Waals surface area contributed by atoms with Gasteiger partial charge in [0.1, 0.15) is 11.8 Å². The maximum Gasteiger partial charge on any atom is 0.244 e. The van der Waals surface area contributed by atoms with Crippen molar-refractivity contribution in [3.8, 4) is 5.75 Å². The highest BCUT2D eigenvalue weighted by Crippen LogP contribution is 2.26. The second-order valence-corrected chi connectivity index (χ2v) is 9.80. The van der Waals surface area contributed by atoms with Crippen molar-refractivity contribution in [1.29, 1.82) is 0 Å². The third kappa shape index (κ3) is 6.49. The van der Waals surface area contributed by atoms with Gasteiger partial charge in [-0.05, 0) is 63.4 Å². The Bertz CT molecular complexity index is 925. The van der Waals surface area contributed by atoms with Crippen molar-refractivity contribution in [2.45, 2.75) is 52.1 Å². The molecule has 1 atom stereocenters. The number of hydrogen-bond donors (Lipinski definition) is 1. The monoisotopic (exact) mass is 432 g/mol. The molecule has 0 fully saturated rings. The summed E-state index contributed by atoms with van der Waals surface area (Å²) in [6.45, 7) is 8.08. The molecule has 6 nitrogen and oxygen atoms in total. The number of rotatable bonds is 10. The number of nitrogens with one attached hydrogen (secondary N) is 1. The van der Waals surface area contributed by atoms with Crippen LogP contribution < -0.4 is 14.4 Å². The fourth-order valence-electron chi connectivity index (χ4n) is 3.48. The Kier molecular flexibility index (Phi) is 7.89. The molecule has 0 saturated carbocycles. The smallest absolute Gasteiger partial charge is 0.244 e. The lowest BCUT2D eigenvalue weighted by Gasteiger charge is -2.34. The van der Waals surface area contributed by atoms with Crippen LogP contribution in [0.2, 0.25) is 0 Å². The van der Waals surface area contributed by atoms with Gasteiger partial charge in [-0.3, -0.25) is 9.10 Å². The highest BCUT2D eigenvalue weighted by Gasteiger charge is 2.34. The van der Waals surface area contributed by atoms with Gasteiger partial charge in [0, 0.05) is 5.54 Å². The quantitative estimate of drug-likeness (QED) is 0.620. The van der Waals surface area contributed by atoms with Gasteiger partial charge in [0.2, 0.25) is 15.9 Å². The number of carbonyl (C=O) groups excluding carboxylic acids is 1. The van der Waals surface area contributed by atoms with E-state index in [1.807, 2.05) is 51.1 Å². The maximum atomic E-state index is 13.2. The minimum absolute atomic E-state index is 0.322. The number of nitrogens with zero attached hydrogens (tertiary/aromatic N) is 1. The molecule has 7 heteroatoms. The predicted molar refractivity (Wildman–Crippen MR) is 121 cm³/mol. The van der Waals surface area contributed by atoms with E-state index < -0.39 is 21.6 Å². The molecule has 0 aliphatic carbocycles. The Morgan fingerprint density at radius 2 is 1.67 bits per heavy atom. The van der Waals surface area contributed by atoms with E-state index in [4.69, 9.17) is 4.74 Å². The Balaban J connectivity index is 2.26. The van der Waals surface area contributed by atoms with E-state index in [1.165, 1.54) is 4.31 Å². The van der Waals surface area contributed by atoms with E-state index in [2.05, 4.69) is 5.32 Å². The topological polar surface area (TPSA) is 75.7 Å². The van der Waals surface area contributed by atoms with E-state index in [0.29, 0.717) is 30.9 Å². The molecule has 164 valence electrons. The van der Waals surface area contributed by atoms with Crippen LogP contribution in [0, 0.1) is 0 Å². The van der Waals surface area contributed by atoms with Crippen LogP contribution in [-0.4, -0.2) is 38.8 Å². The number of carbonyl (C=O) groups is 1. The summed E-state index contributed by atoms with van der Waals surface area (Å²) in [6.07, 6.45) is 2.10. The molecule has 0 aliphatic heterocycles. The van der Waals surface area contributed by atoms with Crippen molar-refractivity contribution in [3.05, 3.63) is 60.2 Å². The van der Waals surface area contributed by atoms with E-state index in [0.717, 1.165) is 11.8 Å². The van der Waals surface area contributed by atoms with Crippen LogP contribution in [0.4, 0.5) is 5.69 Å². The molecule has 0 saturated heterocycles. The van der Waals surface area contributed by atoms with Gasteiger partial charge < -0.3 is 10.1 Å². The van der Waals surface area contributed by atoms with E-state index in [9.17, 15) is 13.2 Å². The maximum absolute atomic E-state index is 13.2. The summed E-state index contributed by atoms with van der Waals surface area (Å²) in [7, 11) is -3.68. The van der Waals surface area contributed by atoms with Crippen LogP contribution in [0.5, 0.6) is 5.75 Å². The number of benzene rings is 2. The molecule has 1 amide bonds. The van der Waals surface area contributed by atoms with Crippen LogP contribution in [0.3, 0.4) is 0 Å². The molecule has 30 heavy (non-hydrogen) atoms. The number of amides is 1. The van der Waals surface area contributed by atoms with Gasteiger partial charge in [0.25, 0.3) is 0 Å². The molecule has 0 radical (unpaired) electrons. The minimum Gasteiger partial charge on any atom is -0.494 e. The lowest BCUT2D eigenvalue weighted by molar-refractivity contribution is -0.123. The first-order valence-corrected chi connectivity index (χ1v) is 12.0. The molecule has 0 aliphatic rings. The summed E-state index contributed by atoms with van der Waals surface area (Å²) in [5, 5.41) is 3.04. The normalized spacial score (nSPS) is 12.8. The van der Waals surface area contributed by atoms with E-state index in [1.54, 1.807) is 31.2 Å². The van der Waals surface area contributed by atoms with Crippen molar-refractivity contribution in [1.82, 2.24) is 5.32 Å². The highest BCUT2D eigenvalue weighted by molar-refractivity contribution is 7.92. The average Bonchev–Trinajstić information content (AvgIpc) is 2.66. The standard InChI is InChI=1S/C23H32N2O4S/c1-6-21(22(26)24-23(3,4)17-18-11-9-8-10-12-18)25(30(5,27)28)19-13-15-20(16-14-19)29-7-2/h8-16,21H,6-7,17H2,1-5H3,(H,24,26). The van der Waals surface area contributed by atoms with Gasteiger partial charge in [-0.2, -0.15) is 0 Å². The Hall–Kier alpha value is -2.54. The molecule has 2 rings (SSSR count). The number of sulfonamides is 1. The van der Waals surface area contributed by atoms with Gasteiger partial charge in [-0.1, -0.05) is 37.3 Å². The van der Waals surface area contributed by atoms with Gasteiger partial charge in [0.05, 0.1) is 18.6 Å². The van der Waals surface area contributed by atoms with Crippen LogP contribution in [-0.2, 0) is 21.2 Å². The summed E-state index contributed by atoms with van der Waals surface area (Å²) in [5.74, 6) is 0.328. The molecule has 0 bridgehead atoms. The predicted octanol–water partition coefficient (Wildman–Crippen LogP) is 3.77. The summed E-state index contributed by atoms with van der Waals surface area (Å²) >= 11 is 0. The van der Waals surface area contributed by atoms with Crippen LogP contribution in [0.15, 0.2) is 54.6 Å². The van der Waals surface area contributed by atoms with E-state index >= 15 is 0 Å². The SMILES string of the molecule is CCOc1ccc(N(C(CC)C(=O)NC(C)(C)Cc2ccccc2)S(C)(=O)=O)cc1. The minimum atomic E-state index is -3.68. The second-order valence-electron chi connectivity index (χ2n) is 7.95. The molecule has 1 N–H and O–H groups in total.